The maximum atomic E-state index is 11.4. The number of nitrogens with zero attached hydrogens (tertiary/aromatic N) is 3. The van der Waals surface area contributed by atoms with Gasteiger partial charge < -0.3 is 10.1 Å². The first kappa shape index (κ1) is 17.0. The Balaban J connectivity index is 1.97. The molecule has 6 nitrogen and oxygen atoms in total. The van der Waals surface area contributed by atoms with E-state index in [-0.39, 0.29) is 17.8 Å². The van der Waals surface area contributed by atoms with Crippen LogP contribution in [0.25, 0.3) is 17.1 Å². The summed E-state index contributed by atoms with van der Waals surface area (Å²) in [6.07, 6.45) is 0. The number of benzene rings is 2. The van der Waals surface area contributed by atoms with E-state index in [0.29, 0.717) is 11.5 Å². The van der Waals surface area contributed by atoms with Crippen molar-refractivity contribution in [3.05, 3.63) is 54.1 Å². The van der Waals surface area contributed by atoms with Crippen molar-refractivity contribution in [1.29, 1.82) is 0 Å². The number of carbonyl (C=O) groups is 1. The average Bonchev–Trinajstić information content (AvgIpc) is 3.07. The van der Waals surface area contributed by atoms with Crippen LogP contribution in [0.1, 0.15) is 5.56 Å². The molecule has 1 heterocycles. The van der Waals surface area contributed by atoms with Gasteiger partial charge in [0.2, 0.25) is 5.91 Å². The monoisotopic (exact) mass is 356 g/mol. The quantitative estimate of drug-likeness (QED) is 0.711. The topological polar surface area (TPSA) is 69.0 Å². The van der Waals surface area contributed by atoms with Crippen LogP contribution in [0.2, 0.25) is 0 Å². The van der Waals surface area contributed by atoms with Gasteiger partial charge in [-0.2, -0.15) is 4.98 Å². The van der Waals surface area contributed by atoms with Crippen molar-refractivity contribution in [2.75, 3.05) is 18.3 Å². The van der Waals surface area contributed by atoms with Crippen molar-refractivity contribution in [2.24, 2.45) is 0 Å². The number of amides is 1. The highest BCUT2D eigenvalue weighted by molar-refractivity contribution is 6.29. The van der Waals surface area contributed by atoms with Crippen LogP contribution in [-0.2, 0) is 4.79 Å². The van der Waals surface area contributed by atoms with Crippen LogP contribution in [0.5, 0.6) is 6.01 Å². The molecule has 1 N–H and O–H groups in total. The molecule has 0 atom stereocenters. The second-order valence-corrected chi connectivity index (χ2v) is 5.70. The van der Waals surface area contributed by atoms with Crippen LogP contribution in [0.3, 0.4) is 0 Å². The molecular weight excluding hydrogens is 340 g/mol. The zero-order valence-corrected chi connectivity index (χ0v) is 14.6. The maximum absolute atomic E-state index is 11.4. The molecular formula is C18H17ClN4O2. The lowest BCUT2D eigenvalue weighted by atomic mass is 10.1. The molecule has 3 aromatic rings. The van der Waals surface area contributed by atoms with Gasteiger partial charge in [0.1, 0.15) is 5.88 Å². The molecule has 0 spiro atoms. The number of methoxy groups -OCH3 is 1. The highest BCUT2D eigenvalue weighted by Gasteiger charge is 2.14. The highest BCUT2D eigenvalue weighted by Crippen LogP contribution is 2.24. The Bertz CT molecular complexity index is 873. The van der Waals surface area contributed by atoms with Crippen molar-refractivity contribution in [3.8, 4) is 23.1 Å². The van der Waals surface area contributed by atoms with Crippen LogP contribution in [0.15, 0.2) is 48.5 Å². The zero-order valence-electron chi connectivity index (χ0n) is 13.9. The van der Waals surface area contributed by atoms with Gasteiger partial charge in [-0.25, -0.2) is 4.68 Å². The third-order valence-corrected chi connectivity index (χ3v) is 3.84. The van der Waals surface area contributed by atoms with E-state index >= 15 is 0 Å². The first-order valence-electron chi connectivity index (χ1n) is 7.65. The third kappa shape index (κ3) is 3.80. The number of ether oxygens (including phenoxy) is 1. The summed E-state index contributed by atoms with van der Waals surface area (Å²) in [5.41, 5.74) is 3.57. The highest BCUT2D eigenvalue weighted by atomic mass is 35.5. The Hall–Kier alpha value is -2.86. The van der Waals surface area contributed by atoms with Crippen molar-refractivity contribution in [1.82, 2.24) is 14.8 Å². The van der Waals surface area contributed by atoms with Crippen molar-refractivity contribution in [3.63, 3.8) is 0 Å². The largest absolute Gasteiger partial charge is 0.466 e. The maximum Gasteiger partial charge on any atom is 0.336 e. The fourth-order valence-corrected chi connectivity index (χ4v) is 2.40. The fourth-order valence-electron chi connectivity index (χ4n) is 2.33. The molecule has 0 saturated carbocycles. The molecule has 25 heavy (non-hydrogen) atoms. The van der Waals surface area contributed by atoms with E-state index in [1.54, 1.807) is 16.8 Å². The standard InChI is InChI=1S/C18H17ClN4O2/c1-12-3-5-13(6-4-12)17-21-18(25-2)22-23(17)15-9-7-14(8-10-15)20-16(24)11-19/h3-10H,11H2,1-2H3,(H,20,24). The number of anilines is 1. The minimum Gasteiger partial charge on any atom is -0.466 e. The number of aromatic nitrogens is 3. The normalized spacial score (nSPS) is 10.5. The molecule has 0 radical (unpaired) electrons. The van der Waals surface area contributed by atoms with E-state index in [2.05, 4.69) is 15.4 Å². The van der Waals surface area contributed by atoms with Gasteiger partial charge in [-0.1, -0.05) is 29.8 Å². The van der Waals surface area contributed by atoms with Gasteiger partial charge in [0.15, 0.2) is 5.82 Å². The van der Waals surface area contributed by atoms with E-state index in [0.717, 1.165) is 11.3 Å². The SMILES string of the molecule is COc1nc(-c2ccc(C)cc2)n(-c2ccc(NC(=O)CCl)cc2)n1. The number of alkyl halides is 1. The van der Waals surface area contributed by atoms with E-state index < -0.39 is 0 Å². The number of aryl methyl sites for hydroxylation is 1. The van der Waals surface area contributed by atoms with Crippen molar-refractivity contribution < 1.29 is 9.53 Å². The van der Waals surface area contributed by atoms with E-state index in [9.17, 15) is 4.79 Å². The molecule has 1 aromatic heterocycles. The summed E-state index contributed by atoms with van der Waals surface area (Å²) in [5, 5.41) is 7.08. The molecule has 0 aliphatic rings. The van der Waals surface area contributed by atoms with Gasteiger partial charge in [-0.05, 0) is 31.2 Å². The summed E-state index contributed by atoms with van der Waals surface area (Å²) in [6, 6.07) is 15.6. The van der Waals surface area contributed by atoms with Crippen LogP contribution >= 0.6 is 11.6 Å². The minimum absolute atomic E-state index is 0.0837. The lowest BCUT2D eigenvalue weighted by Gasteiger charge is -2.08. The summed E-state index contributed by atoms with van der Waals surface area (Å²) in [7, 11) is 1.53. The molecule has 0 unspecified atom stereocenters. The Kier molecular flexibility index (Phi) is 5.00. The second kappa shape index (κ2) is 7.36. The number of rotatable bonds is 5. The Labute approximate surface area is 150 Å². The molecule has 2 aromatic carbocycles. The summed E-state index contributed by atoms with van der Waals surface area (Å²) in [4.78, 5) is 15.8. The van der Waals surface area contributed by atoms with Gasteiger partial charge in [-0.3, -0.25) is 4.79 Å². The lowest BCUT2D eigenvalue weighted by Crippen LogP contribution is -2.12. The van der Waals surface area contributed by atoms with Gasteiger partial charge >= 0.3 is 6.01 Å². The Morgan fingerprint density at radius 2 is 1.84 bits per heavy atom. The molecule has 128 valence electrons. The summed E-state index contributed by atoms with van der Waals surface area (Å²) in [5.74, 6) is 0.339. The molecule has 0 saturated heterocycles. The molecule has 0 fully saturated rings. The van der Waals surface area contributed by atoms with Crippen LogP contribution < -0.4 is 10.1 Å². The Morgan fingerprint density at radius 3 is 2.44 bits per heavy atom. The van der Waals surface area contributed by atoms with Gasteiger partial charge in [-0.15, -0.1) is 16.7 Å². The number of halogens is 1. The van der Waals surface area contributed by atoms with Crippen molar-refractivity contribution >= 4 is 23.2 Å². The predicted molar refractivity (Wildman–Crippen MR) is 97.4 cm³/mol. The summed E-state index contributed by atoms with van der Waals surface area (Å²) in [6.45, 7) is 2.03. The van der Waals surface area contributed by atoms with Gasteiger partial charge in [0.25, 0.3) is 0 Å². The van der Waals surface area contributed by atoms with E-state index in [4.69, 9.17) is 16.3 Å². The molecule has 0 bridgehead atoms. The number of hydrogen-bond donors (Lipinski definition) is 1. The van der Waals surface area contributed by atoms with E-state index in [1.807, 2.05) is 43.3 Å². The summed E-state index contributed by atoms with van der Waals surface area (Å²) < 4.78 is 6.88. The number of carbonyl (C=O) groups excluding carboxylic acids is 1. The van der Waals surface area contributed by atoms with Crippen LogP contribution in [0, 0.1) is 6.92 Å². The second-order valence-electron chi connectivity index (χ2n) is 5.43. The third-order valence-electron chi connectivity index (χ3n) is 3.60. The van der Waals surface area contributed by atoms with Gasteiger partial charge in [0, 0.05) is 11.3 Å². The smallest absolute Gasteiger partial charge is 0.336 e. The summed E-state index contributed by atoms with van der Waals surface area (Å²) >= 11 is 5.50. The van der Waals surface area contributed by atoms with Crippen LogP contribution in [-0.4, -0.2) is 33.7 Å². The molecule has 7 heteroatoms. The van der Waals surface area contributed by atoms with E-state index in [1.165, 1.54) is 12.7 Å². The number of nitrogens with one attached hydrogen (secondary N) is 1. The lowest BCUT2D eigenvalue weighted by molar-refractivity contribution is -0.113. The predicted octanol–water partition coefficient (Wildman–Crippen LogP) is 3.43. The number of hydrogen-bond acceptors (Lipinski definition) is 4. The van der Waals surface area contributed by atoms with Gasteiger partial charge in [0.05, 0.1) is 12.8 Å². The minimum atomic E-state index is -0.253. The molecule has 0 aliphatic heterocycles. The Morgan fingerprint density at radius 1 is 1.16 bits per heavy atom. The molecule has 0 aliphatic carbocycles. The van der Waals surface area contributed by atoms with Crippen molar-refractivity contribution in [2.45, 2.75) is 6.92 Å². The van der Waals surface area contributed by atoms with Crippen LogP contribution in [0.4, 0.5) is 5.69 Å². The average molecular weight is 357 g/mol. The molecule has 1 amide bonds. The molecule has 3 rings (SSSR count). The first-order valence-corrected chi connectivity index (χ1v) is 8.18. The fraction of sp³-hybridized carbons (Fsp3) is 0.167. The first-order chi connectivity index (χ1) is 12.1. The zero-order chi connectivity index (χ0) is 17.8.